The van der Waals surface area contributed by atoms with E-state index in [0.717, 1.165) is 12.2 Å². The Bertz CT molecular complexity index is 338. The highest BCUT2D eigenvalue weighted by Crippen LogP contribution is 2.28. The van der Waals surface area contributed by atoms with E-state index in [-0.39, 0.29) is 0 Å². The maximum Gasteiger partial charge on any atom is 0.0317 e. The monoisotopic (exact) mass is 204 g/mol. The molecule has 2 nitrogen and oxygen atoms in total. The third-order valence-corrected chi connectivity index (χ3v) is 3.40. The standard InChI is InChI=1S/C13H20N2/c1-9-3-6-12(14)7-13(9)11-5-4-10(2)15-8-11/h3,6-7,10-11,15H,4-5,8,14H2,1-2H3. The number of hydrogen-bond donors (Lipinski definition) is 2. The number of hydrogen-bond acceptors (Lipinski definition) is 2. The Kier molecular flexibility index (Phi) is 2.96. The van der Waals surface area contributed by atoms with E-state index in [2.05, 4.69) is 31.3 Å². The molecular formula is C13H20N2. The summed E-state index contributed by atoms with van der Waals surface area (Å²) in [5.74, 6) is 0.643. The van der Waals surface area contributed by atoms with Crippen molar-refractivity contribution in [3.8, 4) is 0 Å². The average Bonchev–Trinajstić information content (AvgIpc) is 2.23. The van der Waals surface area contributed by atoms with Crippen LogP contribution in [0, 0.1) is 6.92 Å². The Hall–Kier alpha value is -1.02. The van der Waals surface area contributed by atoms with Gasteiger partial charge in [0.05, 0.1) is 0 Å². The second-order valence-corrected chi connectivity index (χ2v) is 4.70. The summed E-state index contributed by atoms with van der Waals surface area (Å²) in [5, 5.41) is 3.54. The highest BCUT2D eigenvalue weighted by molar-refractivity contribution is 5.46. The molecule has 1 aromatic rings. The van der Waals surface area contributed by atoms with Crippen molar-refractivity contribution < 1.29 is 0 Å². The average molecular weight is 204 g/mol. The minimum Gasteiger partial charge on any atom is -0.399 e. The molecule has 15 heavy (non-hydrogen) atoms. The molecule has 82 valence electrons. The molecule has 1 aliphatic rings. The van der Waals surface area contributed by atoms with Crippen molar-refractivity contribution in [3.63, 3.8) is 0 Å². The van der Waals surface area contributed by atoms with Crippen LogP contribution >= 0.6 is 0 Å². The zero-order chi connectivity index (χ0) is 10.8. The fourth-order valence-electron chi connectivity index (χ4n) is 2.36. The quantitative estimate of drug-likeness (QED) is 0.689. The first-order valence-electron chi connectivity index (χ1n) is 5.76. The topological polar surface area (TPSA) is 38.0 Å². The molecule has 0 bridgehead atoms. The second kappa shape index (κ2) is 4.23. The molecule has 2 rings (SSSR count). The molecule has 1 aliphatic heterocycles. The predicted molar refractivity (Wildman–Crippen MR) is 65.0 cm³/mol. The second-order valence-electron chi connectivity index (χ2n) is 4.70. The minimum atomic E-state index is 0.643. The van der Waals surface area contributed by atoms with Crippen molar-refractivity contribution in [2.45, 2.75) is 38.6 Å². The summed E-state index contributed by atoms with van der Waals surface area (Å²) in [6, 6.07) is 6.92. The molecular weight excluding hydrogens is 184 g/mol. The lowest BCUT2D eigenvalue weighted by Crippen LogP contribution is -2.35. The third-order valence-electron chi connectivity index (χ3n) is 3.40. The molecule has 1 aromatic carbocycles. The lowest BCUT2D eigenvalue weighted by atomic mass is 9.86. The van der Waals surface area contributed by atoms with Crippen LogP contribution < -0.4 is 11.1 Å². The Morgan fingerprint density at radius 3 is 2.80 bits per heavy atom. The van der Waals surface area contributed by atoms with Crippen LogP contribution in [0.3, 0.4) is 0 Å². The third kappa shape index (κ3) is 2.32. The van der Waals surface area contributed by atoms with Gasteiger partial charge in [0.15, 0.2) is 0 Å². The Balaban J connectivity index is 2.18. The minimum absolute atomic E-state index is 0.643. The summed E-state index contributed by atoms with van der Waals surface area (Å²) >= 11 is 0. The molecule has 1 saturated heterocycles. The van der Waals surface area contributed by atoms with Crippen LogP contribution in [0.25, 0.3) is 0 Å². The normalized spacial score (nSPS) is 26.5. The van der Waals surface area contributed by atoms with E-state index in [1.807, 2.05) is 6.07 Å². The molecule has 0 aliphatic carbocycles. The van der Waals surface area contributed by atoms with E-state index >= 15 is 0 Å². The fraction of sp³-hybridized carbons (Fsp3) is 0.538. The molecule has 0 saturated carbocycles. The van der Waals surface area contributed by atoms with Gasteiger partial charge in [-0.2, -0.15) is 0 Å². The van der Waals surface area contributed by atoms with Crippen LogP contribution in [0.15, 0.2) is 18.2 Å². The molecule has 0 radical (unpaired) electrons. The van der Waals surface area contributed by atoms with Gasteiger partial charge in [0, 0.05) is 18.3 Å². The Morgan fingerprint density at radius 1 is 1.33 bits per heavy atom. The largest absolute Gasteiger partial charge is 0.399 e. The number of piperidine rings is 1. The van der Waals surface area contributed by atoms with Gasteiger partial charge in [0.1, 0.15) is 0 Å². The molecule has 2 atom stereocenters. The SMILES string of the molecule is Cc1ccc(N)cc1C1CCC(C)NC1. The molecule has 0 amide bonds. The number of rotatable bonds is 1. The van der Waals surface area contributed by atoms with Gasteiger partial charge in [0.2, 0.25) is 0 Å². The summed E-state index contributed by atoms with van der Waals surface area (Å²) in [4.78, 5) is 0. The van der Waals surface area contributed by atoms with Crippen LogP contribution in [-0.4, -0.2) is 12.6 Å². The summed E-state index contributed by atoms with van der Waals surface area (Å²) in [6.07, 6.45) is 2.54. The lowest BCUT2D eigenvalue weighted by molar-refractivity contribution is 0.384. The van der Waals surface area contributed by atoms with E-state index in [9.17, 15) is 0 Å². The summed E-state index contributed by atoms with van der Waals surface area (Å²) in [5.41, 5.74) is 9.52. The molecule has 3 N–H and O–H groups in total. The van der Waals surface area contributed by atoms with Gasteiger partial charge in [-0.15, -0.1) is 0 Å². The predicted octanol–water partition coefficient (Wildman–Crippen LogP) is 2.43. The molecule has 0 aromatic heterocycles. The Morgan fingerprint density at radius 2 is 2.13 bits per heavy atom. The smallest absolute Gasteiger partial charge is 0.0317 e. The van der Waals surface area contributed by atoms with E-state index in [1.54, 1.807) is 0 Å². The molecule has 2 unspecified atom stereocenters. The van der Waals surface area contributed by atoms with Crippen LogP contribution in [0.2, 0.25) is 0 Å². The number of nitrogen functional groups attached to an aromatic ring is 1. The number of benzene rings is 1. The van der Waals surface area contributed by atoms with Crippen molar-refractivity contribution in [1.29, 1.82) is 0 Å². The first kappa shape index (κ1) is 10.5. The first-order valence-corrected chi connectivity index (χ1v) is 5.76. The van der Waals surface area contributed by atoms with E-state index in [0.29, 0.717) is 12.0 Å². The van der Waals surface area contributed by atoms with Crippen molar-refractivity contribution in [1.82, 2.24) is 5.32 Å². The van der Waals surface area contributed by atoms with E-state index in [1.165, 1.54) is 24.0 Å². The molecule has 0 spiro atoms. The van der Waals surface area contributed by atoms with Gasteiger partial charge in [-0.25, -0.2) is 0 Å². The highest BCUT2D eigenvalue weighted by atomic mass is 14.9. The number of anilines is 1. The Labute approximate surface area is 91.9 Å². The zero-order valence-corrected chi connectivity index (χ0v) is 9.59. The van der Waals surface area contributed by atoms with Gasteiger partial charge in [0.25, 0.3) is 0 Å². The maximum atomic E-state index is 5.84. The zero-order valence-electron chi connectivity index (χ0n) is 9.59. The highest BCUT2D eigenvalue weighted by Gasteiger charge is 2.20. The summed E-state index contributed by atoms with van der Waals surface area (Å²) in [6.45, 7) is 5.51. The fourth-order valence-corrected chi connectivity index (χ4v) is 2.36. The van der Waals surface area contributed by atoms with Crippen molar-refractivity contribution >= 4 is 5.69 Å². The summed E-state index contributed by atoms with van der Waals surface area (Å²) in [7, 11) is 0. The van der Waals surface area contributed by atoms with Crippen molar-refractivity contribution in [2.75, 3.05) is 12.3 Å². The van der Waals surface area contributed by atoms with Crippen LogP contribution in [0.5, 0.6) is 0 Å². The van der Waals surface area contributed by atoms with E-state index < -0.39 is 0 Å². The van der Waals surface area contributed by atoms with Crippen molar-refractivity contribution in [2.24, 2.45) is 0 Å². The maximum absolute atomic E-state index is 5.84. The number of nitrogens with one attached hydrogen (secondary N) is 1. The summed E-state index contributed by atoms with van der Waals surface area (Å²) < 4.78 is 0. The van der Waals surface area contributed by atoms with Gasteiger partial charge in [-0.3, -0.25) is 0 Å². The van der Waals surface area contributed by atoms with Crippen LogP contribution in [-0.2, 0) is 0 Å². The molecule has 2 heteroatoms. The van der Waals surface area contributed by atoms with Crippen LogP contribution in [0.4, 0.5) is 5.69 Å². The molecule has 1 fully saturated rings. The first-order chi connectivity index (χ1) is 7.16. The number of aryl methyl sites for hydroxylation is 1. The van der Waals surface area contributed by atoms with Gasteiger partial charge in [-0.05, 0) is 55.9 Å². The van der Waals surface area contributed by atoms with E-state index in [4.69, 9.17) is 5.73 Å². The van der Waals surface area contributed by atoms with Crippen LogP contribution in [0.1, 0.15) is 36.8 Å². The van der Waals surface area contributed by atoms with Gasteiger partial charge < -0.3 is 11.1 Å². The molecule has 1 heterocycles. The number of nitrogens with two attached hydrogens (primary N) is 1. The van der Waals surface area contributed by atoms with Gasteiger partial charge in [-0.1, -0.05) is 6.07 Å². The lowest BCUT2D eigenvalue weighted by Gasteiger charge is -2.29. The van der Waals surface area contributed by atoms with Crippen molar-refractivity contribution in [3.05, 3.63) is 29.3 Å². The van der Waals surface area contributed by atoms with Gasteiger partial charge >= 0.3 is 0 Å².